The van der Waals surface area contributed by atoms with Crippen LogP contribution in [0.2, 0.25) is 0 Å². The summed E-state index contributed by atoms with van der Waals surface area (Å²) in [6.07, 6.45) is 1.15. The van der Waals surface area contributed by atoms with E-state index < -0.39 is 0 Å². The fourth-order valence-electron chi connectivity index (χ4n) is 1.30. The molecule has 3 heteroatoms. The number of rotatable bonds is 1. The van der Waals surface area contributed by atoms with Gasteiger partial charge in [-0.2, -0.15) is 0 Å². The fraction of sp³-hybridized carbons (Fsp3) is 0.333. The van der Waals surface area contributed by atoms with Crippen molar-refractivity contribution in [3.8, 4) is 0 Å². The Morgan fingerprint density at radius 2 is 2.25 bits per heavy atom. The molecule has 1 aromatic rings. The second-order valence-corrected chi connectivity index (χ2v) is 3.82. The van der Waals surface area contributed by atoms with Crippen molar-refractivity contribution in [3.05, 3.63) is 34.1 Å². The van der Waals surface area contributed by atoms with Gasteiger partial charge in [-0.15, -0.1) is 0 Å². The molecule has 0 spiro atoms. The second-order valence-electron chi connectivity index (χ2n) is 2.97. The van der Waals surface area contributed by atoms with Crippen LogP contribution in [-0.2, 0) is 0 Å². The van der Waals surface area contributed by atoms with Gasteiger partial charge in [0.05, 0.1) is 4.47 Å². The molecule has 1 heterocycles. The molecule has 0 radical (unpaired) electrons. The first-order valence-corrected chi connectivity index (χ1v) is 4.75. The average molecular weight is 230 g/mol. The fourth-order valence-corrected chi connectivity index (χ4v) is 1.70. The van der Waals surface area contributed by atoms with Crippen LogP contribution in [0, 0.1) is 5.82 Å². The lowest BCUT2D eigenvalue weighted by molar-refractivity contribution is 0.382. The molecule has 64 valence electrons. The average Bonchev–Trinajstić information content (AvgIpc) is 1.93. The maximum absolute atomic E-state index is 12.8. The molecule has 1 N–H and O–H groups in total. The third-order valence-corrected chi connectivity index (χ3v) is 2.78. The standard InChI is InChI=1S/C9H9BrFN/c10-7-5-6(1-2-8(7)11)9-3-4-12-9/h1-2,5,9,12H,3-4H2/t9-/m1/s1. The molecule has 12 heavy (non-hydrogen) atoms. The number of nitrogens with one attached hydrogen (secondary N) is 1. The van der Waals surface area contributed by atoms with Crippen molar-refractivity contribution < 1.29 is 4.39 Å². The van der Waals surface area contributed by atoms with E-state index in [1.165, 1.54) is 6.07 Å². The molecule has 0 amide bonds. The van der Waals surface area contributed by atoms with Gasteiger partial charge in [-0.3, -0.25) is 0 Å². The van der Waals surface area contributed by atoms with Gasteiger partial charge in [0.25, 0.3) is 0 Å². The predicted octanol–water partition coefficient (Wildman–Crippen LogP) is 2.62. The largest absolute Gasteiger partial charge is 0.310 e. The van der Waals surface area contributed by atoms with E-state index in [0.29, 0.717) is 10.5 Å². The highest BCUT2D eigenvalue weighted by Crippen LogP contribution is 2.26. The summed E-state index contributed by atoms with van der Waals surface area (Å²) >= 11 is 3.16. The summed E-state index contributed by atoms with van der Waals surface area (Å²) in [6.45, 7) is 1.07. The van der Waals surface area contributed by atoms with Gasteiger partial charge in [0, 0.05) is 6.04 Å². The Hall–Kier alpha value is -0.410. The van der Waals surface area contributed by atoms with Gasteiger partial charge >= 0.3 is 0 Å². The summed E-state index contributed by atoms with van der Waals surface area (Å²) < 4.78 is 13.4. The van der Waals surface area contributed by atoms with Gasteiger partial charge in [-0.05, 0) is 46.6 Å². The van der Waals surface area contributed by atoms with Crippen molar-refractivity contribution in [1.82, 2.24) is 5.32 Å². The van der Waals surface area contributed by atoms with E-state index in [0.717, 1.165) is 18.5 Å². The first kappa shape index (κ1) is 8.20. The van der Waals surface area contributed by atoms with Gasteiger partial charge in [-0.25, -0.2) is 4.39 Å². The van der Waals surface area contributed by atoms with Crippen molar-refractivity contribution in [3.63, 3.8) is 0 Å². The van der Waals surface area contributed by atoms with Crippen LogP contribution in [0.25, 0.3) is 0 Å². The Labute approximate surface area is 79.1 Å². The van der Waals surface area contributed by atoms with E-state index >= 15 is 0 Å². The molecule has 1 saturated heterocycles. The topological polar surface area (TPSA) is 12.0 Å². The summed E-state index contributed by atoms with van der Waals surface area (Å²) in [4.78, 5) is 0. The highest BCUT2D eigenvalue weighted by Gasteiger charge is 2.18. The summed E-state index contributed by atoms with van der Waals surface area (Å²) in [5.74, 6) is -0.196. The zero-order valence-electron chi connectivity index (χ0n) is 6.48. The summed E-state index contributed by atoms with van der Waals surface area (Å²) in [7, 11) is 0. The minimum absolute atomic E-state index is 0.196. The quantitative estimate of drug-likeness (QED) is 0.781. The molecule has 0 bridgehead atoms. The molecule has 1 nitrogen and oxygen atoms in total. The van der Waals surface area contributed by atoms with Gasteiger partial charge < -0.3 is 5.32 Å². The molecule has 1 atom stereocenters. The van der Waals surface area contributed by atoms with Gasteiger partial charge in [0.2, 0.25) is 0 Å². The summed E-state index contributed by atoms with van der Waals surface area (Å²) in [5.41, 5.74) is 1.16. The molecule has 0 unspecified atom stereocenters. The Kier molecular flexibility index (Phi) is 2.15. The smallest absolute Gasteiger partial charge is 0.137 e. The molecule has 0 aromatic heterocycles. The van der Waals surface area contributed by atoms with E-state index in [9.17, 15) is 4.39 Å². The van der Waals surface area contributed by atoms with Crippen LogP contribution >= 0.6 is 15.9 Å². The van der Waals surface area contributed by atoms with Crippen LogP contribution < -0.4 is 5.32 Å². The SMILES string of the molecule is Fc1ccc([C@H]2CCN2)cc1Br. The molecule has 2 rings (SSSR count). The molecule has 1 fully saturated rings. The number of hydrogen-bond acceptors (Lipinski definition) is 1. The third-order valence-electron chi connectivity index (χ3n) is 2.17. The lowest BCUT2D eigenvalue weighted by Crippen LogP contribution is -2.34. The van der Waals surface area contributed by atoms with E-state index in [2.05, 4.69) is 21.2 Å². The van der Waals surface area contributed by atoms with Crippen molar-refractivity contribution in [2.45, 2.75) is 12.5 Å². The highest BCUT2D eigenvalue weighted by atomic mass is 79.9. The molecule has 0 saturated carbocycles. The van der Waals surface area contributed by atoms with Crippen LogP contribution in [0.4, 0.5) is 4.39 Å². The van der Waals surface area contributed by atoms with E-state index in [4.69, 9.17) is 0 Å². The molecule has 0 aliphatic carbocycles. The van der Waals surface area contributed by atoms with Crippen molar-refractivity contribution >= 4 is 15.9 Å². The Balaban J connectivity index is 2.27. The lowest BCUT2D eigenvalue weighted by atomic mass is 9.98. The Morgan fingerprint density at radius 3 is 2.75 bits per heavy atom. The first-order valence-electron chi connectivity index (χ1n) is 3.96. The maximum Gasteiger partial charge on any atom is 0.137 e. The molecule has 1 aromatic carbocycles. The van der Waals surface area contributed by atoms with Crippen LogP contribution in [0.3, 0.4) is 0 Å². The predicted molar refractivity (Wildman–Crippen MR) is 49.5 cm³/mol. The van der Waals surface area contributed by atoms with Gasteiger partial charge in [0.1, 0.15) is 5.82 Å². The van der Waals surface area contributed by atoms with E-state index in [1.54, 1.807) is 0 Å². The Morgan fingerprint density at radius 1 is 1.50 bits per heavy atom. The van der Waals surface area contributed by atoms with Crippen molar-refractivity contribution in [1.29, 1.82) is 0 Å². The van der Waals surface area contributed by atoms with Crippen LogP contribution in [0.1, 0.15) is 18.0 Å². The highest BCUT2D eigenvalue weighted by molar-refractivity contribution is 9.10. The lowest BCUT2D eigenvalue weighted by Gasteiger charge is -2.28. The van der Waals surface area contributed by atoms with Crippen LogP contribution in [0.5, 0.6) is 0 Å². The zero-order chi connectivity index (χ0) is 8.55. The summed E-state index contributed by atoms with van der Waals surface area (Å²) in [6, 6.07) is 5.60. The normalized spacial score (nSPS) is 22.0. The Bertz CT molecular complexity index is 297. The second kappa shape index (κ2) is 3.15. The van der Waals surface area contributed by atoms with Gasteiger partial charge in [-0.1, -0.05) is 6.07 Å². The maximum atomic E-state index is 12.8. The number of hydrogen-bond donors (Lipinski definition) is 1. The molecule has 1 aliphatic heterocycles. The van der Waals surface area contributed by atoms with Crippen LogP contribution in [0.15, 0.2) is 22.7 Å². The monoisotopic (exact) mass is 229 g/mol. The number of halogens is 2. The van der Waals surface area contributed by atoms with Gasteiger partial charge in [0.15, 0.2) is 0 Å². The first-order chi connectivity index (χ1) is 5.77. The molecular formula is C9H9BrFN. The molecular weight excluding hydrogens is 221 g/mol. The zero-order valence-corrected chi connectivity index (χ0v) is 8.07. The van der Waals surface area contributed by atoms with Crippen LogP contribution in [-0.4, -0.2) is 6.54 Å². The minimum atomic E-state index is -0.196. The number of benzene rings is 1. The third kappa shape index (κ3) is 1.39. The minimum Gasteiger partial charge on any atom is -0.310 e. The van der Waals surface area contributed by atoms with Crippen molar-refractivity contribution in [2.75, 3.05) is 6.54 Å². The summed E-state index contributed by atoms with van der Waals surface area (Å²) in [5, 5.41) is 3.27. The van der Waals surface area contributed by atoms with Crippen molar-refractivity contribution in [2.24, 2.45) is 0 Å². The van der Waals surface area contributed by atoms with E-state index in [-0.39, 0.29) is 5.82 Å². The molecule has 1 aliphatic rings. The van der Waals surface area contributed by atoms with E-state index in [1.807, 2.05) is 12.1 Å².